The van der Waals surface area contributed by atoms with Crippen molar-refractivity contribution in [3.05, 3.63) is 70.5 Å². The molecule has 4 rings (SSSR count). The maximum absolute atomic E-state index is 12.6. The summed E-state index contributed by atoms with van der Waals surface area (Å²) in [6, 6.07) is 12.3. The highest BCUT2D eigenvalue weighted by Gasteiger charge is 2.15. The molecule has 0 atom stereocenters. The maximum atomic E-state index is 12.6. The second kappa shape index (κ2) is 8.11. The van der Waals surface area contributed by atoms with Crippen LogP contribution in [0.15, 0.2) is 57.9 Å². The molecule has 3 heterocycles. The zero-order valence-corrected chi connectivity index (χ0v) is 15.7. The Morgan fingerprint density at radius 1 is 1.24 bits per heavy atom. The van der Waals surface area contributed by atoms with E-state index in [0.717, 1.165) is 0 Å². The first kappa shape index (κ1) is 18.6. The number of carbonyl (C=O) groups is 1. The van der Waals surface area contributed by atoms with Crippen LogP contribution in [0, 0.1) is 0 Å². The van der Waals surface area contributed by atoms with E-state index in [1.807, 2.05) is 12.1 Å². The number of amides is 1. The molecule has 148 valence electrons. The van der Waals surface area contributed by atoms with Crippen LogP contribution in [0.3, 0.4) is 0 Å². The Bertz CT molecular complexity index is 1190. The summed E-state index contributed by atoms with van der Waals surface area (Å²) < 4.78 is 11.7. The maximum Gasteiger partial charge on any atom is 0.274 e. The molecule has 0 fully saturated rings. The minimum absolute atomic E-state index is 0.148. The largest absolute Gasteiger partial charge is 0.463 e. The molecule has 2 N–H and O–H groups in total. The fraction of sp³-hybridized carbons (Fsp3) is 0.200. The van der Waals surface area contributed by atoms with Crippen molar-refractivity contribution in [3.8, 4) is 11.5 Å². The fourth-order valence-corrected chi connectivity index (χ4v) is 3.02. The van der Waals surface area contributed by atoms with Gasteiger partial charge in [-0.15, -0.1) is 0 Å². The van der Waals surface area contributed by atoms with Crippen molar-refractivity contribution in [2.45, 2.75) is 13.1 Å². The van der Waals surface area contributed by atoms with Crippen molar-refractivity contribution >= 4 is 16.7 Å². The molecular formula is C20H19N5O4. The number of benzene rings is 1. The van der Waals surface area contributed by atoms with E-state index >= 15 is 0 Å². The summed E-state index contributed by atoms with van der Waals surface area (Å²) in [5.41, 5.74) is 1.24. The van der Waals surface area contributed by atoms with Crippen LogP contribution in [-0.2, 0) is 17.8 Å². The van der Waals surface area contributed by atoms with Crippen molar-refractivity contribution < 1.29 is 13.9 Å². The number of ether oxygens (including phenoxy) is 1. The number of aromatic amines is 1. The molecule has 0 aliphatic carbocycles. The van der Waals surface area contributed by atoms with Gasteiger partial charge in [-0.2, -0.15) is 10.2 Å². The first-order valence-corrected chi connectivity index (χ1v) is 9.02. The van der Waals surface area contributed by atoms with Crippen LogP contribution in [-0.4, -0.2) is 39.6 Å². The summed E-state index contributed by atoms with van der Waals surface area (Å²) >= 11 is 0. The van der Waals surface area contributed by atoms with Crippen LogP contribution in [0.1, 0.15) is 16.2 Å². The quantitative estimate of drug-likeness (QED) is 0.496. The van der Waals surface area contributed by atoms with Gasteiger partial charge in [-0.3, -0.25) is 14.7 Å². The van der Waals surface area contributed by atoms with Crippen molar-refractivity contribution in [1.82, 2.24) is 25.3 Å². The summed E-state index contributed by atoms with van der Waals surface area (Å²) in [7, 11) is 1.56. The summed E-state index contributed by atoms with van der Waals surface area (Å²) in [6.45, 7) is 0.836. The lowest BCUT2D eigenvalue weighted by atomic mass is 10.1. The summed E-state index contributed by atoms with van der Waals surface area (Å²) in [5.74, 6) is 0.231. The van der Waals surface area contributed by atoms with E-state index in [1.54, 1.807) is 43.7 Å². The Morgan fingerprint density at radius 2 is 2.07 bits per heavy atom. The molecule has 9 nitrogen and oxygen atoms in total. The number of furan rings is 1. The van der Waals surface area contributed by atoms with Gasteiger partial charge in [0.1, 0.15) is 5.69 Å². The van der Waals surface area contributed by atoms with E-state index in [0.29, 0.717) is 41.1 Å². The average molecular weight is 393 g/mol. The third-order valence-electron chi connectivity index (χ3n) is 4.46. The van der Waals surface area contributed by atoms with Gasteiger partial charge in [0.25, 0.3) is 11.5 Å². The number of nitrogens with one attached hydrogen (secondary N) is 2. The first-order valence-electron chi connectivity index (χ1n) is 9.02. The van der Waals surface area contributed by atoms with Crippen LogP contribution in [0.2, 0.25) is 0 Å². The zero-order chi connectivity index (χ0) is 20.2. The second-order valence-electron chi connectivity index (χ2n) is 6.34. The molecular weight excluding hydrogens is 374 g/mol. The lowest BCUT2D eigenvalue weighted by Crippen LogP contribution is -2.29. The SMILES string of the molecule is COCCn1nc(CNC(=O)c2cc(-c3ccco3)[nH]n2)c2ccccc2c1=O. The minimum atomic E-state index is -0.362. The summed E-state index contributed by atoms with van der Waals surface area (Å²) in [5, 5.41) is 15.3. The molecule has 9 heteroatoms. The Morgan fingerprint density at radius 3 is 2.83 bits per heavy atom. The van der Waals surface area contributed by atoms with Gasteiger partial charge in [0, 0.05) is 18.6 Å². The summed E-state index contributed by atoms with van der Waals surface area (Å²) in [6.07, 6.45) is 1.55. The Labute approximate surface area is 165 Å². The van der Waals surface area contributed by atoms with Gasteiger partial charge in [0.15, 0.2) is 11.5 Å². The number of hydrogen-bond donors (Lipinski definition) is 2. The number of fused-ring (bicyclic) bond motifs is 1. The van der Waals surface area contributed by atoms with Gasteiger partial charge in [-0.1, -0.05) is 18.2 Å². The average Bonchev–Trinajstić information content (AvgIpc) is 3.44. The van der Waals surface area contributed by atoms with Gasteiger partial charge in [-0.05, 0) is 18.2 Å². The lowest BCUT2D eigenvalue weighted by molar-refractivity contribution is 0.0945. The number of nitrogens with zero attached hydrogens (tertiary/aromatic N) is 3. The standard InChI is InChI=1S/C20H19N5O4/c1-28-10-8-25-20(27)14-6-3-2-5-13(14)17(24-25)12-21-19(26)16-11-15(22-23-16)18-7-4-9-29-18/h2-7,9,11H,8,10,12H2,1H3,(H,21,26)(H,22,23). The molecule has 0 saturated heterocycles. The van der Waals surface area contributed by atoms with Crippen molar-refractivity contribution in [3.63, 3.8) is 0 Å². The van der Waals surface area contributed by atoms with Gasteiger partial charge < -0.3 is 14.5 Å². The number of carbonyl (C=O) groups excluding carboxylic acids is 1. The second-order valence-corrected chi connectivity index (χ2v) is 6.34. The molecule has 0 bridgehead atoms. The molecule has 0 aliphatic rings. The van der Waals surface area contributed by atoms with E-state index in [4.69, 9.17) is 9.15 Å². The Kier molecular flexibility index (Phi) is 5.21. The highest BCUT2D eigenvalue weighted by atomic mass is 16.5. The van der Waals surface area contributed by atoms with Crippen molar-refractivity contribution in [2.24, 2.45) is 0 Å². The number of rotatable bonds is 7. The van der Waals surface area contributed by atoms with Crippen LogP contribution in [0.25, 0.3) is 22.2 Å². The van der Waals surface area contributed by atoms with E-state index in [9.17, 15) is 9.59 Å². The van der Waals surface area contributed by atoms with E-state index in [-0.39, 0.29) is 23.7 Å². The number of methoxy groups -OCH3 is 1. The molecule has 0 spiro atoms. The first-order chi connectivity index (χ1) is 14.2. The monoisotopic (exact) mass is 393 g/mol. The Hall–Kier alpha value is -3.72. The normalized spacial score (nSPS) is 11.1. The van der Waals surface area contributed by atoms with E-state index in [1.165, 1.54) is 4.68 Å². The van der Waals surface area contributed by atoms with Crippen molar-refractivity contribution in [2.75, 3.05) is 13.7 Å². The third kappa shape index (κ3) is 3.81. The number of H-pyrrole nitrogens is 1. The van der Waals surface area contributed by atoms with Crippen LogP contribution < -0.4 is 10.9 Å². The topological polar surface area (TPSA) is 115 Å². The van der Waals surface area contributed by atoms with Crippen LogP contribution in [0.5, 0.6) is 0 Å². The molecule has 1 amide bonds. The molecule has 0 unspecified atom stereocenters. The van der Waals surface area contributed by atoms with E-state index < -0.39 is 0 Å². The fourth-order valence-electron chi connectivity index (χ4n) is 3.02. The molecule has 0 radical (unpaired) electrons. The zero-order valence-electron chi connectivity index (χ0n) is 15.7. The van der Waals surface area contributed by atoms with Gasteiger partial charge in [-0.25, -0.2) is 4.68 Å². The number of hydrogen-bond acceptors (Lipinski definition) is 6. The predicted molar refractivity (Wildman–Crippen MR) is 105 cm³/mol. The molecule has 0 aliphatic heterocycles. The predicted octanol–water partition coefficient (Wildman–Crippen LogP) is 1.96. The Balaban J connectivity index is 1.57. The smallest absolute Gasteiger partial charge is 0.274 e. The van der Waals surface area contributed by atoms with Gasteiger partial charge in [0.2, 0.25) is 0 Å². The van der Waals surface area contributed by atoms with Crippen LogP contribution >= 0.6 is 0 Å². The molecule has 4 aromatic rings. The van der Waals surface area contributed by atoms with Gasteiger partial charge in [0.05, 0.1) is 37.0 Å². The minimum Gasteiger partial charge on any atom is -0.463 e. The van der Waals surface area contributed by atoms with E-state index in [2.05, 4.69) is 20.6 Å². The molecule has 3 aromatic heterocycles. The highest BCUT2D eigenvalue weighted by molar-refractivity contribution is 5.93. The van der Waals surface area contributed by atoms with Gasteiger partial charge >= 0.3 is 0 Å². The molecule has 1 aromatic carbocycles. The number of aromatic nitrogens is 4. The molecule has 0 saturated carbocycles. The highest BCUT2D eigenvalue weighted by Crippen LogP contribution is 2.18. The third-order valence-corrected chi connectivity index (χ3v) is 4.46. The van der Waals surface area contributed by atoms with Crippen LogP contribution in [0.4, 0.5) is 0 Å². The summed E-state index contributed by atoms with van der Waals surface area (Å²) in [4.78, 5) is 25.1. The lowest BCUT2D eigenvalue weighted by Gasteiger charge is -2.11. The van der Waals surface area contributed by atoms with Crippen molar-refractivity contribution in [1.29, 1.82) is 0 Å². The molecule has 29 heavy (non-hydrogen) atoms.